The minimum absolute atomic E-state index is 0.351. The highest BCUT2D eigenvalue weighted by atomic mass is 32.1. The zero-order valence-corrected chi connectivity index (χ0v) is 13.1. The fourth-order valence-electron chi connectivity index (χ4n) is 2.19. The van der Waals surface area contributed by atoms with E-state index in [0.717, 1.165) is 23.5 Å². The molecule has 1 atom stereocenters. The molecule has 0 aliphatic heterocycles. The summed E-state index contributed by atoms with van der Waals surface area (Å²) in [7, 11) is 0. The molecule has 0 bridgehead atoms. The SMILES string of the molecule is CCOc1cc(N)cc(NC(C)Cc2ccc(C)s2)c1. The summed E-state index contributed by atoms with van der Waals surface area (Å²) >= 11 is 1.85. The van der Waals surface area contributed by atoms with Gasteiger partial charge in [-0.25, -0.2) is 0 Å². The van der Waals surface area contributed by atoms with E-state index in [9.17, 15) is 0 Å². The quantitative estimate of drug-likeness (QED) is 0.788. The first-order chi connectivity index (χ1) is 9.56. The van der Waals surface area contributed by atoms with Gasteiger partial charge in [-0.2, -0.15) is 0 Å². The first kappa shape index (κ1) is 14.7. The van der Waals surface area contributed by atoms with Crippen molar-refractivity contribution in [3.63, 3.8) is 0 Å². The van der Waals surface area contributed by atoms with Crippen LogP contribution in [0.3, 0.4) is 0 Å². The maximum absolute atomic E-state index is 5.90. The minimum atomic E-state index is 0.351. The van der Waals surface area contributed by atoms with Crippen LogP contribution in [-0.4, -0.2) is 12.6 Å². The van der Waals surface area contributed by atoms with Gasteiger partial charge in [-0.3, -0.25) is 0 Å². The lowest BCUT2D eigenvalue weighted by molar-refractivity contribution is 0.340. The Balaban J connectivity index is 2.01. The fraction of sp³-hybridized carbons (Fsp3) is 0.375. The van der Waals surface area contributed by atoms with Gasteiger partial charge >= 0.3 is 0 Å². The van der Waals surface area contributed by atoms with Gasteiger partial charge in [0.1, 0.15) is 5.75 Å². The highest BCUT2D eigenvalue weighted by molar-refractivity contribution is 7.11. The van der Waals surface area contributed by atoms with Crippen molar-refractivity contribution in [2.75, 3.05) is 17.7 Å². The van der Waals surface area contributed by atoms with E-state index in [4.69, 9.17) is 10.5 Å². The summed E-state index contributed by atoms with van der Waals surface area (Å²) in [6.45, 7) is 6.93. The molecule has 0 saturated carbocycles. The predicted molar refractivity (Wildman–Crippen MR) is 87.9 cm³/mol. The second-order valence-electron chi connectivity index (χ2n) is 4.99. The molecule has 1 unspecified atom stereocenters. The summed E-state index contributed by atoms with van der Waals surface area (Å²) < 4.78 is 5.51. The lowest BCUT2D eigenvalue weighted by atomic mass is 10.2. The molecule has 0 saturated heterocycles. The predicted octanol–water partition coefficient (Wildman–Crippen LogP) is 4.08. The summed E-state index contributed by atoms with van der Waals surface area (Å²) in [5.41, 5.74) is 7.63. The van der Waals surface area contributed by atoms with Crippen LogP contribution in [0.1, 0.15) is 23.6 Å². The third-order valence-corrected chi connectivity index (χ3v) is 3.98. The average Bonchev–Trinajstić information content (AvgIpc) is 2.74. The number of thiophene rings is 1. The van der Waals surface area contributed by atoms with E-state index in [1.807, 2.05) is 36.5 Å². The number of ether oxygens (including phenoxy) is 1. The van der Waals surface area contributed by atoms with E-state index >= 15 is 0 Å². The van der Waals surface area contributed by atoms with E-state index in [1.54, 1.807) is 0 Å². The number of anilines is 2. The normalized spacial score (nSPS) is 12.2. The molecule has 0 aliphatic carbocycles. The topological polar surface area (TPSA) is 47.3 Å². The van der Waals surface area contributed by atoms with Crippen molar-refractivity contribution >= 4 is 22.7 Å². The molecule has 1 aromatic heterocycles. The number of aryl methyl sites for hydroxylation is 1. The highest BCUT2D eigenvalue weighted by Crippen LogP contribution is 2.24. The number of benzene rings is 1. The lowest BCUT2D eigenvalue weighted by Gasteiger charge is -2.16. The standard InChI is InChI=1S/C16H22N2OS/c1-4-19-15-9-13(17)8-14(10-15)18-11(2)7-16-6-5-12(3)20-16/h5-6,8-11,18H,4,7,17H2,1-3H3. The van der Waals surface area contributed by atoms with Crippen LogP contribution in [0.15, 0.2) is 30.3 Å². The van der Waals surface area contributed by atoms with Gasteiger partial charge in [-0.15, -0.1) is 11.3 Å². The molecule has 3 nitrogen and oxygen atoms in total. The van der Waals surface area contributed by atoms with Crippen LogP contribution in [0.2, 0.25) is 0 Å². The molecule has 4 heteroatoms. The zero-order valence-electron chi connectivity index (χ0n) is 12.3. The molecule has 2 aromatic rings. The van der Waals surface area contributed by atoms with Gasteiger partial charge in [0.05, 0.1) is 6.61 Å². The van der Waals surface area contributed by atoms with E-state index in [-0.39, 0.29) is 0 Å². The Morgan fingerprint density at radius 3 is 2.75 bits per heavy atom. The first-order valence-corrected chi connectivity index (χ1v) is 7.73. The maximum atomic E-state index is 5.90. The third kappa shape index (κ3) is 4.17. The van der Waals surface area contributed by atoms with Crippen molar-refractivity contribution < 1.29 is 4.74 Å². The van der Waals surface area contributed by atoms with Crippen molar-refractivity contribution in [1.82, 2.24) is 0 Å². The summed E-state index contributed by atoms with van der Waals surface area (Å²) in [5, 5.41) is 3.49. The first-order valence-electron chi connectivity index (χ1n) is 6.92. The molecule has 1 heterocycles. The Morgan fingerprint density at radius 1 is 1.30 bits per heavy atom. The lowest BCUT2D eigenvalue weighted by Crippen LogP contribution is -2.17. The summed E-state index contributed by atoms with van der Waals surface area (Å²) in [4.78, 5) is 2.76. The monoisotopic (exact) mass is 290 g/mol. The largest absolute Gasteiger partial charge is 0.494 e. The maximum Gasteiger partial charge on any atom is 0.123 e. The van der Waals surface area contributed by atoms with E-state index < -0.39 is 0 Å². The van der Waals surface area contributed by atoms with Gasteiger partial charge in [-0.1, -0.05) is 0 Å². The molecule has 0 fully saturated rings. The summed E-state index contributed by atoms with van der Waals surface area (Å²) in [6.07, 6.45) is 1.01. The fourth-order valence-corrected chi connectivity index (χ4v) is 3.21. The Hall–Kier alpha value is -1.68. The summed E-state index contributed by atoms with van der Waals surface area (Å²) in [6, 6.07) is 10.5. The second kappa shape index (κ2) is 6.66. The molecule has 0 radical (unpaired) electrons. The van der Waals surface area contributed by atoms with Crippen LogP contribution in [0, 0.1) is 6.92 Å². The molecular formula is C16H22N2OS. The minimum Gasteiger partial charge on any atom is -0.494 e. The zero-order chi connectivity index (χ0) is 14.5. The number of nitrogens with one attached hydrogen (secondary N) is 1. The van der Waals surface area contributed by atoms with Crippen molar-refractivity contribution in [2.24, 2.45) is 0 Å². The number of rotatable bonds is 6. The van der Waals surface area contributed by atoms with Gasteiger partial charge in [0.15, 0.2) is 0 Å². The van der Waals surface area contributed by atoms with Crippen molar-refractivity contribution in [3.05, 3.63) is 40.1 Å². The van der Waals surface area contributed by atoms with Gasteiger partial charge in [-0.05, 0) is 39.0 Å². The van der Waals surface area contributed by atoms with Crippen LogP contribution in [0.5, 0.6) is 5.75 Å². The Kier molecular flexibility index (Phi) is 4.90. The molecule has 108 valence electrons. The molecule has 0 amide bonds. The summed E-state index contributed by atoms with van der Waals surface area (Å²) in [5.74, 6) is 0.814. The van der Waals surface area contributed by atoms with E-state index in [0.29, 0.717) is 12.6 Å². The number of nitrogens with two attached hydrogens (primary N) is 1. The molecule has 20 heavy (non-hydrogen) atoms. The molecule has 2 rings (SSSR count). The van der Waals surface area contributed by atoms with Crippen LogP contribution in [0.4, 0.5) is 11.4 Å². The number of nitrogen functional groups attached to an aromatic ring is 1. The third-order valence-electron chi connectivity index (χ3n) is 2.96. The molecule has 0 aliphatic rings. The number of hydrogen-bond donors (Lipinski definition) is 2. The van der Waals surface area contributed by atoms with Gasteiger partial charge in [0.25, 0.3) is 0 Å². The van der Waals surface area contributed by atoms with Crippen molar-refractivity contribution in [3.8, 4) is 5.75 Å². The van der Waals surface area contributed by atoms with E-state index in [2.05, 4.69) is 31.3 Å². The van der Waals surface area contributed by atoms with Gasteiger partial charge in [0, 0.05) is 45.7 Å². The average molecular weight is 290 g/mol. The van der Waals surface area contributed by atoms with Crippen LogP contribution in [-0.2, 0) is 6.42 Å². The molecule has 0 spiro atoms. The molecular weight excluding hydrogens is 268 g/mol. The smallest absolute Gasteiger partial charge is 0.123 e. The van der Waals surface area contributed by atoms with Crippen molar-refractivity contribution in [1.29, 1.82) is 0 Å². The second-order valence-corrected chi connectivity index (χ2v) is 6.36. The Morgan fingerprint density at radius 2 is 2.10 bits per heavy atom. The Bertz CT molecular complexity index is 565. The van der Waals surface area contributed by atoms with Gasteiger partial charge < -0.3 is 15.8 Å². The van der Waals surface area contributed by atoms with Crippen LogP contribution >= 0.6 is 11.3 Å². The van der Waals surface area contributed by atoms with Crippen molar-refractivity contribution in [2.45, 2.75) is 33.2 Å². The molecule has 3 N–H and O–H groups in total. The Labute approximate surface area is 124 Å². The molecule has 1 aromatic carbocycles. The van der Waals surface area contributed by atoms with Gasteiger partial charge in [0.2, 0.25) is 0 Å². The van der Waals surface area contributed by atoms with Crippen LogP contribution in [0.25, 0.3) is 0 Å². The van der Waals surface area contributed by atoms with Crippen LogP contribution < -0.4 is 15.8 Å². The van der Waals surface area contributed by atoms with E-state index in [1.165, 1.54) is 9.75 Å². The highest BCUT2D eigenvalue weighted by Gasteiger charge is 2.07. The number of hydrogen-bond acceptors (Lipinski definition) is 4.